The SMILES string of the molecule is Cc1ccc(-n2cccc2/C=N/NC(=O)COc2ccccc2Cl)cc1Cl. The molecule has 1 aromatic heterocycles. The quantitative estimate of drug-likeness (QED) is 0.483. The fourth-order valence-electron chi connectivity index (χ4n) is 2.37. The van der Waals surface area contributed by atoms with Crippen LogP contribution in [0.4, 0.5) is 0 Å². The highest BCUT2D eigenvalue weighted by molar-refractivity contribution is 6.32. The maximum Gasteiger partial charge on any atom is 0.277 e. The van der Waals surface area contributed by atoms with Gasteiger partial charge in [0.1, 0.15) is 5.75 Å². The Labute approximate surface area is 167 Å². The molecule has 0 radical (unpaired) electrons. The van der Waals surface area contributed by atoms with Gasteiger partial charge in [-0.2, -0.15) is 5.10 Å². The van der Waals surface area contributed by atoms with Crippen LogP contribution in [0.25, 0.3) is 5.69 Å². The Morgan fingerprint density at radius 2 is 1.96 bits per heavy atom. The second kappa shape index (κ2) is 8.75. The lowest BCUT2D eigenvalue weighted by atomic mass is 10.2. The fourth-order valence-corrected chi connectivity index (χ4v) is 2.74. The van der Waals surface area contributed by atoms with Gasteiger partial charge >= 0.3 is 0 Å². The van der Waals surface area contributed by atoms with Gasteiger partial charge in [0.15, 0.2) is 6.61 Å². The normalized spacial score (nSPS) is 10.9. The predicted molar refractivity (Wildman–Crippen MR) is 108 cm³/mol. The average molecular weight is 402 g/mol. The summed E-state index contributed by atoms with van der Waals surface area (Å²) in [5.74, 6) is 0.0612. The second-order valence-corrected chi connectivity index (χ2v) is 6.56. The third-order valence-corrected chi connectivity index (χ3v) is 4.51. The van der Waals surface area contributed by atoms with Gasteiger partial charge in [0.2, 0.25) is 0 Å². The number of nitrogens with zero attached hydrogens (tertiary/aromatic N) is 2. The van der Waals surface area contributed by atoms with E-state index in [1.807, 2.05) is 48.0 Å². The Morgan fingerprint density at radius 1 is 1.15 bits per heavy atom. The molecule has 0 aliphatic rings. The van der Waals surface area contributed by atoms with Crippen LogP contribution in [0.5, 0.6) is 5.75 Å². The molecule has 0 aliphatic carbocycles. The van der Waals surface area contributed by atoms with Crippen LogP contribution in [0.2, 0.25) is 10.0 Å². The van der Waals surface area contributed by atoms with E-state index in [1.165, 1.54) is 0 Å². The number of aromatic nitrogens is 1. The number of hydrogen-bond donors (Lipinski definition) is 1. The van der Waals surface area contributed by atoms with E-state index in [9.17, 15) is 4.79 Å². The average Bonchev–Trinajstić information content (AvgIpc) is 3.12. The van der Waals surface area contributed by atoms with Gasteiger partial charge in [0.05, 0.1) is 16.9 Å². The lowest BCUT2D eigenvalue weighted by Crippen LogP contribution is -2.24. The van der Waals surface area contributed by atoms with E-state index >= 15 is 0 Å². The zero-order valence-corrected chi connectivity index (χ0v) is 16.0. The third-order valence-electron chi connectivity index (χ3n) is 3.80. The number of carbonyl (C=O) groups is 1. The molecule has 0 saturated heterocycles. The minimum absolute atomic E-state index is 0.185. The largest absolute Gasteiger partial charge is 0.482 e. The summed E-state index contributed by atoms with van der Waals surface area (Å²) in [5.41, 5.74) is 5.14. The Kier molecular flexibility index (Phi) is 6.16. The van der Waals surface area contributed by atoms with E-state index < -0.39 is 0 Å². The van der Waals surface area contributed by atoms with Gasteiger partial charge in [-0.25, -0.2) is 5.43 Å². The molecule has 138 valence electrons. The molecular formula is C20H17Cl2N3O2. The molecule has 0 bridgehead atoms. The van der Waals surface area contributed by atoms with E-state index in [1.54, 1.807) is 30.5 Å². The summed E-state index contributed by atoms with van der Waals surface area (Å²) in [6.07, 6.45) is 3.45. The second-order valence-electron chi connectivity index (χ2n) is 5.75. The van der Waals surface area contributed by atoms with Crippen molar-refractivity contribution in [1.82, 2.24) is 9.99 Å². The van der Waals surface area contributed by atoms with Gasteiger partial charge in [-0.15, -0.1) is 0 Å². The maximum atomic E-state index is 11.9. The summed E-state index contributed by atoms with van der Waals surface area (Å²) in [7, 11) is 0. The van der Waals surface area contributed by atoms with Gasteiger partial charge < -0.3 is 9.30 Å². The van der Waals surface area contributed by atoms with E-state index in [2.05, 4.69) is 10.5 Å². The molecule has 0 spiro atoms. The summed E-state index contributed by atoms with van der Waals surface area (Å²) < 4.78 is 7.28. The molecule has 0 unspecified atom stereocenters. The van der Waals surface area contributed by atoms with Gasteiger partial charge in [0, 0.05) is 16.9 Å². The molecule has 2 aromatic carbocycles. The van der Waals surface area contributed by atoms with Crippen molar-refractivity contribution in [3.05, 3.63) is 82.1 Å². The van der Waals surface area contributed by atoms with Crippen molar-refractivity contribution < 1.29 is 9.53 Å². The molecule has 3 aromatic rings. The Bertz CT molecular complexity index is 983. The first-order valence-corrected chi connectivity index (χ1v) is 8.93. The molecule has 27 heavy (non-hydrogen) atoms. The first-order valence-electron chi connectivity index (χ1n) is 8.18. The number of hydrogen-bond acceptors (Lipinski definition) is 3. The highest BCUT2D eigenvalue weighted by Crippen LogP contribution is 2.23. The molecule has 1 amide bonds. The lowest BCUT2D eigenvalue weighted by Gasteiger charge is -2.08. The molecule has 0 saturated carbocycles. The van der Waals surface area contributed by atoms with Crippen molar-refractivity contribution in [3.63, 3.8) is 0 Å². The number of nitrogens with one attached hydrogen (secondary N) is 1. The molecule has 0 fully saturated rings. The minimum atomic E-state index is -0.386. The van der Waals surface area contributed by atoms with Crippen molar-refractivity contribution in [2.75, 3.05) is 6.61 Å². The van der Waals surface area contributed by atoms with Crippen LogP contribution >= 0.6 is 23.2 Å². The van der Waals surface area contributed by atoms with E-state index in [0.29, 0.717) is 15.8 Å². The number of hydrazone groups is 1. The number of carbonyl (C=O) groups excluding carboxylic acids is 1. The van der Waals surface area contributed by atoms with Crippen molar-refractivity contribution in [3.8, 4) is 11.4 Å². The maximum absolute atomic E-state index is 11.9. The molecule has 5 nitrogen and oxygen atoms in total. The lowest BCUT2D eigenvalue weighted by molar-refractivity contribution is -0.123. The van der Waals surface area contributed by atoms with E-state index in [-0.39, 0.29) is 12.5 Å². The number of aryl methyl sites for hydroxylation is 1. The first kappa shape index (κ1) is 19.0. The van der Waals surface area contributed by atoms with Gasteiger partial charge in [-0.1, -0.05) is 41.4 Å². The minimum Gasteiger partial charge on any atom is -0.482 e. The van der Waals surface area contributed by atoms with Gasteiger partial charge in [-0.05, 0) is 48.9 Å². The van der Waals surface area contributed by atoms with Gasteiger partial charge in [0.25, 0.3) is 5.91 Å². The fraction of sp³-hybridized carbons (Fsp3) is 0.100. The summed E-state index contributed by atoms with van der Waals surface area (Å²) in [6, 6.07) is 16.5. The number of amides is 1. The predicted octanol–water partition coefficient (Wildman–Crippen LogP) is 4.62. The molecule has 7 heteroatoms. The monoisotopic (exact) mass is 401 g/mol. The first-order chi connectivity index (χ1) is 13.0. The highest BCUT2D eigenvalue weighted by atomic mass is 35.5. The van der Waals surface area contributed by atoms with Crippen LogP contribution in [-0.4, -0.2) is 23.3 Å². The van der Waals surface area contributed by atoms with Crippen LogP contribution in [0.3, 0.4) is 0 Å². The van der Waals surface area contributed by atoms with Crippen LogP contribution in [0, 0.1) is 6.92 Å². The number of rotatable bonds is 6. The summed E-state index contributed by atoms with van der Waals surface area (Å²) in [6.45, 7) is 1.76. The molecule has 3 rings (SSSR count). The number of halogens is 2. The van der Waals surface area contributed by atoms with Crippen LogP contribution < -0.4 is 10.2 Å². The van der Waals surface area contributed by atoms with Gasteiger partial charge in [-0.3, -0.25) is 4.79 Å². The van der Waals surface area contributed by atoms with Crippen molar-refractivity contribution in [2.45, 2.75) is 6.92 Å². The van der Waals surface area contributed by atoms with Crippen molar-refractivity contribution in [1.29, 1.82) is 0 Å². The number of ether oxygens (including phenoxy) is 1. The topological polar surface area (TPSA) is 55.6 Å². The smallest absolute Gasteiger partial charge is 0.277 e. The third kappa shape index (κ3) is 4.90. The van der Waals surface area contributed by atoms with E-state index in [4.69, 9.17) is 27.9 Å². The standard InChI is InChI=1S/C20H17Cl2N3O2/c1-14-8-9-15(11-18(14)22)25-10-4-5-16(25)12-23-24-20(26)13-27-19-7-3-2-6-17(19)21/h2-12H,13H2,1H3,(H,24,26)/b23-12+. The van der Waals surface area contributed by atoms with Crippen molar-refractivity contribution in [2.24, 2.45) is 5.10 Å². The summed E-state index contributed by atoms with van der Waals surface area (Å²) in [4.78, 5) is 11.9. The molecule has 0 aliphatic heterocycles. The number of benzene rings is 2. The Hall–Kier alpha value is -2.76. The van der Waals surface area contributed by atoms with Crippen LogP contribution in [-0.2, 0) is 4.79 Å². The molecule has 0 atom stereocenters. The summed E-state index contributed by atoms with van der Waals surface area (Å²) >= 11 is 12.2. The molecule has 1 N–H and O–H groups in total. The summed E-state index contributed by atoms with van der Waals surface area (Å²) in [5, 5.41) is 5.12. The highest BCUT2D eigenvalue weighted by Gasteiger charge is 2.06. The molecule has 1 heterocycles. The van der Waals surface area contributed by atoms with Crippen LogP contribution in [0.15, 0.2) is 65.9 Å². The zero-order valence-electron chi connectivity index (χ0n) is 14.5. The zero-order chi connectivity index (χ0) is 19.2. The van der Waals surface area contributed by atoms with E-state index in [0.717, 1.165) is 16.9 Å². The number of para-hydroxylation sites is 1. The molecular weight excluding hydrogens is 385 g/mol. The van der Waals surface area contributed by atoms with Crippen LogP contribution in [0.1, 0.15) is 11.3 Å². The van der Waals surface area contributed by atoms with Crippen molar-refractivity contribution >= 4 is 35.3 Å². The Balaban J connectivity index is 1.60. The Morgan fingerprint density at radius 3 is 2.74 bits per heavy atom.